The number of hydrogen-bond donors (Lipinski definition) is 3. The first-order valence-corrected chi connectivity index (χ1v) is 11.3. The number of nitrogens with zero attached hydrogens (tertiary/aromatic N) is 4. The van der Waals surface area contributed by atoms with Gasteiger partial charge in [-0.3, -0.25) is 4.79 Å². The van der Waals surface area contributed by atoms with E-state index < -0.39 is 0 Å². The van der Waals surface area contributed by atoms with E-state index in [0.717, 1.165) is 49.2 Å². The number of H-pyrrole nitrogens is 1. The number of carbonyl (C=O) groups is 1. The van der Waals surface area contributed by atoms with Gasteiger partial charge >= 0.3 is 0 Å². The highest BCUT2D eigenvalue weighted by atomic mass is 32.1. The number of aromatic nitrogens is 5. The molecule has 1 amide bonds. The zero-order chi connectivity index (χ0) is 22.4. The van der Waals surface area contributed by atoms with E-state index in [1.807, 2.05) is 72.3 Å². The van der Waals surface area contributed by atoms with Crippen molar-refractivity contribution in [3.63, 3.8) is 0 Å². The predicted octanol–water partition coefficient (Wildman–Crippen LogP) is 4.73. The molecule has 8 nitrogen and oxygen atoms in total. The summed E-state index contributed by atoms with van der Waals surface area (Å²) in [4.78, 5) is 29.7. The Kier molecular flexibility index (Phi) is 4.55. The maximum atomic E-state index is 12.7. The van der Waals surface area contributed by atoms with Crippen LogP contribution in [0.1, 0.15) is 16.2 Å². The molecule has 162 valence electrons. The van der Waals surface area contributed by atoms with E-state index in [1.165, 1.54) is 11.3 Å². The normalized spacial score (nSPS) is 11.4. The summed E-state index contributed by atoms with van der Waals surface area (Å²) < 4.78 is 2.92. The molecule has 0 saturated heterocycles. The topological polar surface area (TPSA) is 101 Å². The molecule has 0 saturated carbocycles. The highest BCUT2D eigenvalue weighted by Gasteiger charge is 2.13. The van der Waals surface area contributed by atoms with Crippen LogP contribution in [0.3, 0.4) is 0 Å². The first-order chi connectivity index (χ1) is 16.1. The molecule has 3 heterocycles. The van der Waals surface area contributed by atoms with E-state index in [1.54, 1.807) is 6.07 Å². The molecule has 0 aliphatic heterocycles. The van der Waals surface area contributed by atoms with Gasteiger partial charge in [-0.25, -0.2) is 15.0 Å². The number of hydrogen-bond acceptors (Lipinski definition) is 6. The van der Waals surface area contributed by atoms with Crippen molar-refractivity contribution in [2.45, 2.75) is 6.54 Å². The van der Waals surface area contributed by atoms with E-state index >= 15 is 0 Å². The van der Waals surface area contributed by atoms with E-state index in [9.17, 15) is 4.79 Å². The minimum Gasteiger partial charge on any atom is -0.345 e. The van der Waals surface area contributed by atoms with Crippen LogP contribution < -0.4 is 10.6 Å². The zero-order valence-corrected chi connectivity index (χ0v) is 18.5. The van der Waals surface area contributed by atoms with Crippen LogP contribution in [0, 0.1) is 0 Å². The Labute approximate surface area is 192 Å². The van der Waals surface area contributed by atoms with E-state index in [-0.39, 0.29) is 5.91 Å². The van der Waals surface area contributed by atoms with Gasteiger partial charge in [0.1, 0.15) is 5.82 Å². The summed E-state index contributed by atoms with van der Waals surface area (Å²) in [5.74, 6) is 1.28. The molecule has 0 aliphatic rings. The third kappa shape index (κ3) is 3.58. The second kappa shape index (κ2) is 7.72. The Balaban J connectivity index is 1.20. The number of nitrogens with one attached hydrogen (secondary N) is 3. The van der Waals surface area contributed by atoms with Crippen molar-refractivity contribution in [3.05, 3.63) is 78.1 Å². The van der Waals surface area contributed by atoms with Crippen molar-refractivity contribution >= 4 is 60.6 Å². The summed E-state index contributed by atoms with van der Waals surface area (Å²) in [7, 11) is 1.97. The van der Waals surface area contributed by atoms with Crippen LogP contribution in [0.25, 0.3) is 32.3 Å². The molecule has 0 fully saturated rings. The minimum atomic E-state index is -0.157. The number of thiazole rings is 1. The lowest BCUT2D eigenvalue weighted by molar-refractivity contribution is 0.0950. The van der Waals surface area contributed by atoms with Crippen molar-refractivity contribution in [2.75, 3.05) is 5.32 Å². The molecule has 0 bridgehead atoms. The number of fused-ring (bicyclic) bond motifs is 3. The molecule has 3 N–H and O–H groups in total. The summed E-state index contributed by atoms with van der Waals surface area (Å²) in [5, 5.41) is 6.96. The lowest BCUT2D eigenvalue weighted by Gasteiger charge is -2.03. The second-order valence-electron chi connectivity index (χ2n) is 7.69. The molecule has 0 spiro atoms. The van der Waals surface area contributed by atoms with Gasteiger partial charge in [0, 0.05) is 12.6 Å². The van der Waals surface area contributed by atoms with Gasteiger partial charge in [0.25, 0.3) is 5.91 Å². The fourth-order valence-electron chi connectivity index (χ4n) is 3.83. The molecule has 0 radical (unpaired) electrons. The maximum Gasteiger partial charge on any atom is 0.251 e. The van der Waals surface area contributed by atoms with Crippen molar-refractivity contribution < 1.29 is 4.79 Å². The second-order valence-corrected chi connectivity index (χ2v) is 8.72. The Morgan fingerprint density at radius 3 is 2.64 bits per heavy atom. The lowest BCUT2D eigenvalue weighted by Crippen LogP contribution is -2.23. The number of amides is 1. The van der Waals surface area contributed by atoms with Crippen LogP contribution in [0.15, 0.2) is 66.7 Å². The van der Waals surface area contributed by atoms with Gasteiger partial charge in [-0.2, -0.15) is 0 Å². The highest BCUT2D eigenvalue weighted by Crippen LogP contribution is 2.30. The summed E-state index contributed by atoms with van der Waals surface area (Å²) in [6.45, 7) is 0.327. The molecule has 0 atom stereocenters. The van der Waals surface area contributed by atoms with Crippen LogP contribution in [0.5, 0.6) is 0 Å². The zero-order valence-electron chi connectivity index (χ0n) is 17.7. The van der Waals surface area contributed by atoms with Crippen LogP contribution in [-0.4, -0.2) is 30.4 Å². The fraction of sp³-hybridized carbons (Fsp3) is 0.0833. The predicted molar refractivity (Wildman–Crippen MR) is 131 cm³/mol. The average molecular weight is 454 g/mol. The van der Waals surface area contributed by atoms with Crippen molar-refractivity contribution in [3.8, 4) is 0 Å². The standard InChI is InChI=1S/C24H19N7OS/c1-31-19-9-5-4-8-17(19)28-23(31)30-24-29-18-11-10-14(12-20(18)33-24)22(32)25-13-21-26-15-6-2-3-7-16(15)27-21/h2-12H,13H2,1H3,(H,25,32)(H,26,27)(H,28,29,30). The van der Waals surface area contributed by atoms with E-state index in [2.05, 4.69) is 30.6 Å². The van der Waals surface area contributed by atoms with Gasteiger partial charge in [0.2, 0.25) is 5.95 Å². The molecule has 6 rings (SSSR count). The van der Waals surface area contributed by atoms with Gasteiger partial charge in [-0.1, -0.05) is 35.6 Å². The molecular weight excluding hydrogens is 434 g/mol. The molecule has 6 aromatic rings. The average Bonchev–Trinajstić information content (AvgIpc) is 3.52. The first kappa shape index (κ1) is 19.4. The summed E-state index contributed by atoms with van der Waals surface area (Å²) in [6.07, 6.45) is 0. The molecule has 0 unspecified atom stereocenters. The maximum absolute atomic E-state index is 12.7. The summed E-state index contributed by atoms with van der Waals surface area (Å²) in [5.41, 5.74) is 5.21. The van der Waals surface area contributed by atoms with Gasteiger partial charge < -0.3 is 20.2 Å². The van der Waals surface area contributed by atoms with Gasteiger partial charge in [0.15, 0.2) is 5.13 Å². The Morgan fingerprint density at radius 1 is 0.970 bits per heavy atom. The van der Waals surface area contributed by atoms with Gasteiger partial charge in [0.05, 0.1) is 38.8 Å². The minimum absolute atomic E-state index is 0.157. The number of para-hydroxylation sites is 4. The number of aromatic amines is 1. The molecule has 33 heavy (non-hydrogen) atoms. The summed E-state index contributed by atoms with van der Waals surface area (Å²) >= 11 is 1.49. The number of carbonyl (C=O) groups excluding carboxylic acids is 1. The number of aryl methyl sites for hydroxylation is 1. The van der Waals surface area contributed by atoms with E-state index in [0.29, 0.717) is 12.1 Å². The third-order valence-electron chi connectivity index (χ3n) is 5.51. The van der Waals surface area contributed by atoms with Crippen molar-refractivity contribution in [1.82, 2.24) is 29.8 Å². The third-order valence-corrected chi connectivity index (χ3v) is 6.44. The smallest absolute Gasteiger partial charge is 0.251 e. The van der Waals surface area contributed by atoms with Gasteiger partial charge in [-0.15, -0.1) is 0 Å². The first-order valence-electron chi connectivity index (χ1n) is 10.4. The quantitative estimate of drug-likeness (QED) is 0.350. The molecule has 3 aromatic heterocycles. The van der Waals surface area contributed by atoms with Crippen LogP contribution in [-0.2, 0) is 13.6 Å². The SMILES string of the molecule is Cn1c(Nc2nc3ccc(C(=O)NCc4nc5ccccc5[nH]4)cc3s2)nc2ccccc21. The fourth-order valence-corrected chi connectivity index (χ4v) is 4.73. The Morgan fingerprint density at radius 2 is 1.79 bits per heavy atom. The van der Waals surface area contributed by atoms with Gasteiger partial charge in [-0.05, 0) is 42.5 Å². The Hall–Kier alpha value is -4.24. The highest BCUT2D eigenvalue weighted by molar-refractivity contribution is 7.22. The van der Waals surface area contributed by atoms with Crippen molar-refractivity contribution in [2.24, 2.45) is 7.05 Å². The number of imidazole rings is 2. The van der Waals surface area contributed by atoms with Crippen LogP contribution in [0.2, 0.25) is 0 Å². The van der Waals surface area contributed by atoms with Crippen molar-refractivity contribution in [1.29, 1.82) is 0 Å². The monoisotopic (exact) mass is 453 g/mol. The van der Waals surface area contributed by atoms with E-state index in [4.69, 9.17) is 0 Å². The van der Waals surface area contributed by atoms with Crippen LogP contribution in [0.4, 0.5) is 11.1 Å². The summed E-state index contributed by atoms with van der Waals surface area (Å²) in [6, 6.07) is 21.3. The lowest BCUT2D eigenvalue weighted by atomic mass is 10.2. The number of rotatable bonds is 5. The molecule has 3 aromatic carbocycles. The molecule has 0 aliphatic carbocycles. The largest absolute Gasteiger partial charge is 0.345 e. The van der Waals surface area contributed by atoms with Crippen LogP contribution >= 0.6 is 11.3 Å². The molecular formula is C24H19N7OS. The number of anilines is 2. The Bertz CT molecular complexity index is 1610. The molecule has 9 heteroatoms. The number of benzene rings is 3.